The Balaban J connectivity index is 1.97. The van der Waals surface area contributed by atoms with Gasteiger partial charge in [-0.25, -0.2) is 4.99 Å². The topological polar surface area (TPSA) is 53.9 Å². The lowest BCUT2D eigenvalue weighted by Gasteiger charge is -2.33. The quantitative estimate of drug-likeness (QED) is 0.526. The van der Waals surface area contributed by atoms with Crippen molar-refractivity contribution < 1.29 is 9.53 Å². The van der Waals surface area contributed by atoms with Crippen molar-refractivity contribution in [2.75, 3.05) is 26.7 Å². The minimum Gasteiger partial charge on any atom is -0.469 e. The molecule has 1 aromatic rings. The van der Waals surface area contributed by atoms with Crippen LogP contribution in [0.25, 0.3) is 0 Å². The van der Waals surface area contributed by atoms with E-state index in [0.717, 1.165) is 38.4 Å². The average molecular weight is 317 g/mol. The summed E-state index contributed by atoms with van der Waals surface area (Å²) in [6, 6.07) is 8.46. The Bertz CT molecular complexity index is 532. The molecule has 1 aliphatic heterocycles. The molecule has 0 saturated carbocycles. The number of guanidine groups is 1. The van der Waals surface area contributed by atoms with Gasteiger partial charge in [0.15, 0.2) is 5.96 Å². The molecule has 0 amide bonds. The molecule has 0 spiro atoms. The fourth-order valence-electron chi connectivity index (χ4n) is 2.78. The Morgan fingerprint density at radius 1 is 1.30 bits per heavy atom. The number of nitrogens with one attached hydrogen (secondary N) is 1. The van der Waals surface area contributed by atoms with Crippen molar-refractivity contribution in [2.24, 2.45) is 10.9 Å². The van der Waals surface area contributed by atoms with Crippen LogP contribution in [0.3, 0.4) is 0 Å². The average Bonchev–Trinajstić information content (AvgIpc) is 2.59. The van der Waals surface area contributed by atoms with Crippen LogP contribution in [0.5, 0.6) is 0 Å². The Morgan fingerprint density at radius 3 is 2.52 bits per heavy atom. The highest BCUT2D eigenvalue weighted by Crippen LogP contribution is 2.18. The van der Waals surface area contributed by atoms with Gasteiger partial charge in [0.2, 0.25) is 0 Å². The monoisotopic (exact) mass is 317 g/mol. The zero-order valence-electron chi connectivity index (χ0n) is 14.3. The minimum absolute atomic E-state index is 0.0243. The number of hydrogen-bond donors (Lipinski definition) is 1. The fraction of sp³-hybridized carbons (Fsp3) is 0.556. The van der Waals surface area contributed by atoms with Crippen LogP contribution in [0.2, 0.25) is 0 Å². The lowest BCUT2D eigenvalue weighted by atomic mass is 9.97. The summed E-state index contributed by atoms with van der Waals surface area (Å²) < 4.78 is 4.84. The molecule has 1 saturated heterocycles. The predicted octanol–water partition coefficient (Wildman–Crippen LogP) is 2.35. The van der Waals surface area contributed by atoms with Gasteiger partial charge in [0.1, 0.15) is 0 Å². The number of aliphatic imine (C=N–C) groups is 1. The molecule has 0 atom stereocenters. The van der Waals surface area contributed by atoms with Gasteiger partial charge in [-0.3, -0.25) is 4.79 Å². The Labute approximate surface area is 138 Å². The Kier molecular flexibility index (Phi) is 6.44. The van der Waals surface area contributed by atoms with Crippen molar-refractivity contribution in [3.05, 3.63) is 35.4 Å². The van der Waals surface area contributed by atoms with Gasteiger partial charge in [0.25, 0.3) is 0 Å². The second-order valence-electron chi connectivity index (χ2n) is 5.94. The van der Waals surface area contributed by atoms with Crippen LogP contribution in [0.15, 0.2) is 29.3 Å². The molecule has 1 aromatic carbocycles. The van der Waals surface area contributed by atoms with Crippen LogP contribution in [0.1, 0.15) is 30.9 Å². The molecule has 0 radical (unpaired) electrons. The molecule has 126 valence electrons. The van der Waals surface area contributed by atoms with Crippen LogP contribution in [0, 0.1) is 12.8 Å². The lowest BCUT2D eigenvalue weighted by molar-refractivity contribution is -0.146. The molecule has 1 fully saturated rings. The van der Waals surface area contributed by atoms with Crippen molar-refractivity contribution >= 4 is 11.9 Å². The number of piperidine rings is 1. The number of methoxy groups -OCH3 is 1. The molecule has 2 rings (SSSR count). The second-order valence-corrected chi connectivity index (χ2v) is 5.94. The third-order valence-electron chi connectivity index (χ3n) is 4.20. The first-order valence-corrected chi connectivity index (χ1v) is 8.30. The molecule has 1 aliphatic rings. The maximum absolute atomic E-state index is 11.6. The molecule has 0 unspecified atom stereocenters. The van der Waals surface area contributed by atoms with Gasteiger partial charge in [-0.15, -0.1) is 0 Å². The van der Waals surface area contributed by atoms with E-state index in [1.54, 1.807) is 0 Å². The smallest absolute Gasteiger partial charge is 0.308 e. The number of hydrogen-bond acceptors (Lipinski definition) is 3. The van der Waals surface area contributed by atoms with Crippen LogP contribution in [0.4, 0.5) is 0 Å². The van der Waals surface area contributed by atoms with Gasteiger partial charge in [-0.1, -0.05) is 29.8 Å². The van der Waals surface area contributed by atoms with E-state index in [0.29, 0.717) is 6.54 Å². The van der Waals surface area contributed by atoms with Crippen molar-refractivity contribution in [1.29, 1.82) is 0 Å². The normalized spacial score (nSPS) is 16.3. The highest BCUT2D eigenvalue weighted by molar-refractivity contribution is 5.80. The maximum atomic E-state index is 11.6. The summed E-state index contributed by atoms with van der Waals surface area (Å²) in [5.74, 6) is 0.860. The van der Waals surface area contributed by atoms with E-state index in [9.17, 15) is 4.79 Å². The van der Waals surface area contributed by atoms with Crippen LogP contribution < -0.4 is 5.32 Å². The largest absolute Gasteiger partial charge is 0.469 e. The fourth-order valence-corrected chi connectivity index (χ4v) is 2.78. The van der Waals surface area contributed by atoms with E-state index in [4.69, 9.17) is 9.73 Å². The first-order chi connectivity index (χ1) is 11.1. The molecule has 1 N–H and O–H groups in total. The maximum Gasteiger partial charge on any atom is 0.308 e. The first-order valence-electron chi connectivity index (χ1n) is 8.30. The number of rotatable bonds is 4. The van der Waals surface area contributed by atoms with E-state index >= 15 is 0 Å². The number of nitrogens with zero attached hydrogens (tertiary/aromatic N) is 2. The molecular weight excluding hydrogens is 290 g/mol. The van der Waals surface area contributed by atoms with E-state index in [-0.39, 0.29) is 11.9 Å². The summed E-state index contributed by atoms with van der Waals surface area (Å²) in [4.78, 5) is 18.6. The third-order valence-corrected chi connectivity index (χ3v) is 4.20. The molecule has 23 heavy (non-hydrogen) atoms. The summed E-state index contributed by atoms with van der Waals surface area (Å²) in [7, 11) is 1.46. The number of carbonyl (C=O) groups excluding carboxylic acids is 1. The second kappa shape index (κ2) is 8.56. The zero-order valence-corrected chi connectivity index (χ0v) is 14.3. The van der Waals surface area contributed by atoms with Crippen LogP contribution >= 0.6 is 0 Å². The van der Waals surface area contributed by atoms with Crippen LogP contribution in [-0.2, 0) is 16.1 Å². The van der Waals surface area contributed by atoms with E-state index in [1.165, 1.54) is 18.2 Å². The number of aryl methyl sites for hydroxylation is 1. The lowest BCUT2D eigenvalue weighted by Crippen LogP contribution is -2.46. The highest BCUT2D eigenvalue weighted by atomic mass is 16.5. The predicted molar refractivity (Wildman–Crippen MR) is 92.3 cm³/mol. The number of ether oxygens (including phenoxy) is 1. The van der Waals surface area contributed by atoms with Gasteiger partial charge in [0.05, 0.1) is 19.6 Å². The van der Waals surface area contributed by atoms with Crippen LogP contribution in [-0.4, -0.2) is 43.6 Å². The van der Waals surface area contributed by atoms with E-state index in [2.05, 4.69) is 48.3 Å². The molecule has 0 bridgehead atoms. The number of esters is 1. The summed E-state index contributed by atoms with van der Waals surface area (Å²) in [5, 5.41) is 3.35. The molecule has 0 aliphatic carbocycles. The van der Waals surface area contributed by atoms with Gasteiger partial charge < -0.3 is 15.0 Å². The summed E-state index contributed by atoms with van der Waals surface area (Å²) in [5.41, 5.74) is 2.46. The number of carbonyl (C=O) groups is 1. The summed E-state index contributed by atoms with van der Waals surface area (Å²) in [6.07, 6.45) is 1.64. The van der Waals surface area contributed by atoms with Crippen molar-refractivity contribution in [1.82, 2.24) is 10.2 Å². The van der Waals surface area contributed by atoms with Gasteiger partial charge >= 0.3 is 5.97 Å². The number of likely N-dealkylation sites (tertiary alicyclic amines) is 1. The van der Waals surface area contributed by atoms with Crippen molar-refractivity contribution in [3.63, 3.8) is 0 Å². The summed E-state index contributed by atoms with van der Waals surface area (Å²) in [6.45, 7) is 7.33. The van der Waals surface area contributed by atoms with E-state index in [1.807, 2.05) is 0 Å². The van der Waals surface area contributed by atoms with Gasteiger partial charge in [-0.2, -0.15) is 0 Å². The SMILES string of the molecule is CCNC(=NCc1ccc(C)cc1)N1CCC(C(=O)OC)CC1. The first kappa shape index (κ1) is 17.3. The minimum atomic E-state index is -0.0914. The molecule has 1 heterocycles. The van der Waals surface area contributed by atoms with Crippen molar-refractivity contribution in [3.8, 4) is 0 Å². The van der Waals surface area contributed by atoms with E-state index < -0.39 is 0 Å². The standard InChI is InChI=1S/C18H27N3O2/c1-4-19-18(20-13-15-7-5-14(2)6-8-15)21-11-9-16(10-12-21)17(22)23-3/h5-8,16H,4,9-13H2,1-3H3,(H,19,20). The number of benzene rings is 1. The van der Waals surface area contributed by atoms with Crippen molar-refractivity contribution in [2.45, 2.75) is 33.2 Å². The molecule has 5 heteroatoms. The highest BCUT2D eigenvalue weighted by Gasteiger charge is 2.26. The zero-order chi connectivity index (χ0) is 16.7. The Morgan fingerprint density at radius 2 is 1.96 bits per heavy atom. The molecule has 5 nitrogen and oxygen atoms in total. The van der Waals surface area contributed by atoms with Gasteiger partial charge in [0, 0.05) is 19.6 Å². The molecular formula is C18H27N3O2. The molecule has 0 aromatic heterocycles. The Hall–Kier alpha value is -2.04. The third kappa shape index (κ3) is 4.98. The summed E-state index contributed by atoms with van der Waals surface area (Å²) >= 11 is 0. The van der Waals surface area contributed by atoms with Gasteiger partial charge in [-0.05, 0) is 32.3 Å².